The van der Waals surface area contributed by atoms with Crippen LogP contribution in [0.2, 0.25) is 5.02 Å². The summed E-state index contributed by atoms with van der Waals surface area (Å²) in [6.45, 7) is 4.25. The van der Waals surface area contributed by atoms with Crippen molar-refractivity contribution in [2.45, 2.75) is 36.0 Å². The molecule has 0 radical (unpaired) electrons. The number of aromatic nitrogens is 2. The van der Waals surface area contributed by atoms with Crippen LogP contribution in [0.1, 0.15) is 41.3 Å². The summed E-state index contributed by atoms with van der Waals surface area (Å²) in [5.74, 6) is 0.448. The Labute approximate surface area is 190 Å². The monoisotopic (exact) mass is 480 g/mol. The van der Waals surface area contributed by atoms with E-state index >= 15 is 0 Å². The molecule has 0 saturated heterocycles. The minimum atomic E-state index is -4.53. The largest absolute Gasteiger partial charge is 0.417 e. The lowest BCUT2D eigenvalue weighted by Gasteiger charge is -2.08. The predicted octanol–water partition coefficient (Wildman–Crippen LogP) is 7.44. The maximum absolute atomic E-state index is 12.8. The molecule has 0 amide bonds. The fraction of sp³-hybridized carbons (Fsp3) is 0.190. The summed E-state index contributed by atoms with van der Waals surface area (Å²) in [6, 6.07) is 10.9. The van der Waals surface area contributed by atoms with Gasteiger partial charge in [0.05, 0.1) is 15.5 Å². The molecule has 0 fully saturated rings. The molecule has 2 aromatic heterocycles. The zero-order valence-corrected chi connectivity index (χ0v) is 18.8. The summed E-state index contributed by atoms with van der Waals surface area (Å²) >= 11 is 8.01. The average Bonchev–Trinajstić information content (AvgIpc) is 3.10. The molecule has 31 heavy (non-hydrogen) atoms. The van der Waals surface area contributed by atoms with E-state index in [-0.39, 0.29) is 10.0 Å². The van der Waals surface area contributed by atoms with Gasteiger partial charge in [0, 0.05) is 18.1 Å². The molecule has 3 aromatic rings. The van der Waals surface area contributed by atoms with E-state index in [1.165, 1.54) is 5.56 Å². The van der Waals surface area contributed by atoms with E-state index in [2.05, 4.69) is 34.6 Å². The molecule has 1 N–H and O–H groups in total. The highest BCUT2D eigenvalue weighted by Gasteiger charge is 2.31. The highest BCUT2D eigenvalue weighted by molar-refractivity contribution is 7.99. The van der Waals surface area contributed by atoms with Gasteiger partial charge in [-0.25, -0.2) is 4.98 Å². The Bertz CT molecular complexity index is 1130. The number of pyridine rings is 1. The van der Waals surface area contributed by atoms with Crippen molar-refractivity contribution in [3.8, 4) is 6.07 Å². The standard InChI is InChI=1S/C21H16ClF3N4S2/c1-12(2)13-3-5-15(6-4-13)27-8-7-18-16(10-26)19(29-31-18)30-20-17(22)9-14(11-28-20)21(23,24)25/h3-9,11-12,27H,1-2H3/b8-7+. The molecule has 10 heteroatoms. The van der Waals surface area contributed by atoms with Gasteiger partial charge in [-0.1, -0.05) is 37.6 Å². The molecule has 2 heterocycles. The third-order valence-corrected chi connectivity index (χ3v) is 6.52. The van der Waals surface area contributed by atoms with Crippen molar-refractivity contribution in [3.05, 3.63) is 69.3 Å². The van der Waals surface area contributed by atoms with Crippen LogP contribution >= 0.6 is 34.9 Å². The summed E-state index contributed by atoms with van der Waals surface area (Å²) in [4.78, 5) is 4.39. The van der Waals surface area contributed by atoms with E-state index in [1.54, 1.807) is 12.3 Å². The first kappa shape index (κ1) is 23.1. The maximum Gasteiger partial charge on any atom is 0.417 e. The first-order valence-electron chi connectivity index (χ1n) is 9.02. The molecule has 0 unspecified atom stereocenters. The molecule has 0 bridgehead atoms. The Morgan fingerprint density at radius 1 is 1.23 bits per heavy atom. The average molecular weight is 481 g/mol. The zero-order valence-electron chi connectivity index (χ0n) is 16.4. The first-order chi connectivity index (χ1) is 14.7. The number of rotatable bonds is 6. The lowest BCUT2D eigenvalue weighted by Crippen LogP contribution is -2.05. The molecular formula is C21H16ClF3N4S2. The second-order valence-electron chi connectivity index (χ2n) is 6.70. The van der Waals surface area contributed by atoms with Gasteiger partial charge >= 0.3 is 6.18 Å². The van der Waals surface area contributed by atoms with Crippen LogP contribution in [0.3, 0.4) is 0 Å². The van der Waals surface area contributed by atoms with Crippen molar-refractivity contribution in [1.82, 2.24) is 9.36 Å². The summed E-state index contributed by atoms with van der Waals surface area (Å²) in [5.41, 5.74) is 1.51. The molecule has 0 aliphatic heterocycles. The molecule has 0 atom stereocenters. The maximum atomic E-state index is 12.8. The summed E-state index contributed by atoms with van der Waals surface area (Å²) < 4.78 is 42.5. The number of nitrogens with zero attached hydrogens (tertiary/aromatic N) is 3. The number of nitrogens with one attached hydrogen (secondary N) is 1. The number of halogens is 4. The van der Waals surface area contributed by atoms with Gasteiger partial charge in [-0.2, -0.15) is 22.8 Å². The van der Waals surface area contributed by atoms with Gasteiger partial charge in [0.1, 0.15) is 21.7 Å². The molecule has 160 valence electrons. The Morgan fingerprint density at radius 3 is 2.52 bits per heavy atom. The van der Waals surface area contributed by atoms with E-state index < -0.39 is 11.7 Å². The zero-order chi connectivity index (χ0) is 22.6. The molecule has 0 saturated carbocycles. The predicted molar refractivity (Wildman–Crippen MR) is 118 cm³/mol. The number of anilines is 1. The van der Waals surface area contributed by atoms with Gasteiger partial charge < -0.3 is 5.32 Å². The number of nitriles is 1. The lowest BCUT2D eigenvalue weighted by molar-refractivity contribution is -0.137. The summed E-state index contributed by atoms with van der Waals surface area (Å²) in [6.07, 6.45) is -0.394. The van der Waals surface area contributed by atoms with Gasteiger partial charge in [0.15, 0.2) is 0 Å². The third kappa shape index (κ3) is 5.79. The molecule has 1 aromatic carbocycles. The Balaban J connectivity index is 1.74. The van der Waals surface area contributed by atoms with E-state index in [1.807, 2.05) is 24.3 Å². The van der Waals surface area contributed by atoms with E-state index in [0.717, 1.165) is 35.0 Å². The Hall–Kier alpha value is -2.54. The third-order valence-electron chi connectivity index (χ3n) is 4.19. The lowest BCUT2D eigenvalue weighted by atomic mass is 10.0. The second kappa shape index (κ2) is 9.73. The Morgan fingerprint density at radius 2 is 1.94 bits per heavy atom. The van der Waals surface area contributed by atoms with Gasteiger partial charge in [0.2, 0.25) is 0 Å². The smallest absolute Gasteiger partial charge is 0.362 e. The van der Waals surface area contributed by atoms with Crippen molar-refractivity contribution in [3.63, 3.8) is 0 Å². The van der Waals surface area contributed by atoms with Crippen molar-refractivity contribution >= 4 is 46.7 Å². The van der Waals surface area contributed by atoms with Gasteiger partial charge in [-0.3, -0.25) is 0 Å². The van der Waals surface area contributed by atoms with Gasteiger partial charge in [-0.15, -0.1) is 0 Å². The quantitative estimate of drug-likeness (QED) is 0.397. The number of alkyl halides is 3. The normalized spacial score (nSPS) is 11.8. The minimum Gasteiger partial charge on any atom is -0.362 e. The van der Waals surface area contributed by atoms with Crippen molar-refractivity contribution in [2.75, 3.05) is 5.32 Å². The van der Waals surface area contributed by atoms with Crippen LogP contribution in [0.4, 0.5) is 18.9 Å². The number of hydrogen-bond donors (Lipinski definition) is 1. The van der Waals surface area contributed by atoms with Crippen LogP contribution < -0.4 is 5.32 Å². The summed E-state index contributed by atoms with van der Waals surface area (Å²) in [5, 5.41) is 13.0. The van der Waals surface area contributed by atoms with Crippen LogP contribution in [0.25, 0.3) is 6.08 Å². The van der Waals surface area contributed by atoms with Crippen LogP contribution in [0, 0.1) is 11.3 Å². The molecule has 0 spiro atoms. The Kier molecular flexibility index (Phi) is 7.26. The molecule has 4 nitrogen and oxygen atoms in total. The SMILES string of the molecule is CC(C)c1ccc(N/C=C/c2snc(Sc3ncc(C(F)(F)F)cc3Cl)c2C#N)cc1. The van der Waals surface area contributed by atoms with Gasteiger partial charge in [-0.05, 0) is 59.1 Å². The molecule has 0 aliphatic rings. The van der Waals surface area contributed by atoms with E-state index in [9.17, 15) is 18.4 Å². The topological polar surface area (TPSA) is 61.6 Å². The van der Waals surface area contributed by atoms with Crippen molar-refractivity contribution in [2.24, 2.45) is 0 Å². The van der Waals surface area contributed by atoms with Crippen LogP contribution in [-0.2, 0) is 6.18 Å². The highest BCUT2D eigenvalue weighted by Crippen LogP contribution is 2.38. The van der Waals surface area contributed by atoms with Crippen LogP contribution in [0.15, 0.2) is 52.8 Å². The fourth-order valence-electron chi connectivity index (χ4n) is 2.50. The van der Waals surface area contributed by atoms with Gasteiger partial charge in [0.25, 0.3) is 0 Å². The molecule has 3 rings (SSSR count). The van der Waals surface area contributed by atoms with Crippen molar-refractivity contribution in [1.29, 1.82) is 5.26 Å². The van der Waals surface area contributed by atoms with Crippen LogP contribution in [0.5, 0.6) is 0 Å². The molecule has 0 aliphatic carbocycles. The van der Waals surface area contributed by atoms with Crippen molar-refractivity contribution < 1.29 is 13.2 Å². The minimum absolute atomic E-state index is 0.148. The van der Waals surface area contributed by atoms with E-state index in [4.69, 9.17) is 11.6 Å². The first-order valence-corrected chi connectivity index (χ1v) is 11.0. The fourth-order valence-corrected chi connectivity index (χ4v) is 4.44. The van der Waals surface area contributed by atoms with Crippen LogP contribution in [-0.4, -0.2) is 9.36 Å². The highest BCUT2D eigenvalue weighted by atomic mass is 35.5. The number of benzene rings is 1. The number of hydrogen-bond acceptors (Lipinski definition) is 6. The molecular weight excluding hydrogens is 465 g/mol. The second-order valence-corrected chi connectivity index (χ2v) is 8.89. The summed E-state index contributed by atoms with van der Waals surface area (Å²) in [7, 11) is 0. The van der Waals surface area contributed by atoms with E-state index in [0.29, 0.717) is 27.6 Å².